The van der Waals surface area contributed by atoms with Crippen molar-refractivity contribution < 1.29 is 14.3 Å². The second-order valence-corrected chi connectivity index (χ2v) is 5.66. The molecule has 1 aromatic heterocycles. The van der Waals surface area contributed by atoms with E-state index in [1.165, 1.54) is 0 Å². The molecule has 0 aliphatic carbocycles. The van der Waals surface area contributed by atoms with E-state index in [4.69, 9.17) is 9.47 Å². The molecule has 2 aromatic carbocycles. The summed E-state index contributed by atoms with van der Waals surface area (Å²) < 4.78 is 10.5. The molecule has 0 fully saturated rings. The van der Waals surface area contributed by atoms with Gasteiger partial charge in [-0.3, -0.25) is 4.79 Å². The van der Waals surface area contributed by atoms with Crippen LogP contribution < -0.4 is 14.8 Å². The van der Waals surface area contributed by atoms with Crippen LogP contribution >= 0.6 is 0 Å². The number of nitrogens with zero attached hydrogens (tertiary/aromatic N) is 1. The summed E-state index contributed by atoms with van der Waals surface area (Å²) in [6, 6.07) is 17.2. The minimum absolute atomic E-state index is 0.0791. The number of pyridine rings is 1. The van der Waals surface area contributed by atoms with Gasteiger partial charge in [0.1, 0.15) is 17.3 Å². The van der Waals surface area contributed by atoms with Gasteiger partial charge in [-0.2, -0.15) is 0 Å². The molecule has 0 unspecified atom stereocenters. The van der Waals surface area contributed by atoms with Gasteiger partial charge in [0.2, 0.25) is 5.91 Å². The second-order valence-electron chi connectivity index (χ2n) is 5.66. The molecule has 0 aliphatic heterocycles. The molecule has 1 N–H and O–H groups in total. The number of benzene rings is 2. The fourth-order valence-electron chi connectivity index (χ4n) is 2.61. The van der Waals surface area contributed by atoms with Crippen molar-refractivity contribution in [2.45, 2.75) is 12.8 Å². The zero-order chi connectivity index (χ0) is 17.6. The summed E-state index contributed by atoms with van der Waals surface area (Å²) in [6.45, 7) is 0. The Morgan fingerprint density at radius 3 is 2.44 bits per heavy atom. The number of para-hydroxylation sites is 1. The molecule has 25 heavy (non-hydrogen) atoms. The van der Waals surface area contributed by atoms with E-state index in [1.807, 2.05) is 54.6 Å². The fraction of sp³-hybridized carbons (Fsp3) is 0.200. The maximum atomic E-state index is 12.2. The smallest absolute Gasteiger partial charge is 0.225 e. The number of aryl methyl sites for hydroxylation is 1. The highest BCUT2D eigenvalue weighted by Crippen LogP contribution is 2.23. The van der Waals surface area contributed by atoms with Crippen LogP contribution in [0.15, 0.2) is 54.6 Å². The number of hydrogen-bond donors (Lipinski definition) is 1. The number of rotatable bonds is 6. The summed E-state index contributed by atoms with van der Waals surface area (Å²) in [5, 5.41) is 3.89. The van der Waals surface area contributed by atoms with Gasteiger partial charge in [0.25, 0.3) is 0 Å². The molecule has 1 amide bonds. The zero-order valence-electron chi connectivity index (χ0n) is 14.3. The third-order valence-corrected chi connectivity index (χ3v) is 3.92. The van der Waals surface area contributed by atoms with Crippen molar-refractivity contribution in [3.8, 4) is 11.5 Å². The van der Waals surface area contributed by atoms with Gasteiger partial charge in [0.05, 0.1) is 19.7 Å². The minimum Gasteiger partial charge on any atom is -0.497 e. The van der Waals surface area contributed by atoms with E-state index >= 15 is 0 Å². The summed E-state index contributed by atoms with van der Waals surface area (Å²) in [4.78, 5) is 16.7. The number of carbonyl (C=O) groups is 1. The maximum absolute atomic E-state index is 12.2. The Morgan fingerprint density at radius 1 is 1.00 bits per heavy atom. The molecule has 5 nitrogen and oxygen atoms in total. The highest BCUT2D eigenvalue weighted by Gasteiger charge is 2.07. The highest BCUT2D eigenvalue weighted by atomic mass is 16.5. The van der Waals surface area contributed by atoms with E-state index in [0.717, 1.165) is 16.5 Å². The molecule has 0 bridgehead atoms. The first-order chi connectivity index (χ1) is 12.2. The Bertz CT molecular complexity index is 871. The maximum Gasteiger partial charge on any atom is 0.225 e. The lowest BCUT2D eigenvalue weighted by Crippen LogP contribution is -2.13. The normalized spacial score (nSPS) is 10.5. The summed E-state index contributed by atoms with van der Waals surface area (Å²) in [5.74, 6) is 1.91. The highest BCUT2D eigenvalue weighted by molar-refractivity contribution is 5.91. The summed E-state index contributed by atoms with van der Waals surface area (Å²) >= 11 is 0. The van der Waals surface area contributed by atoms with Gasteiger partial charge in [-0.15, -0.1) is 0 Å². The monoisotopic (exact) mass is 336 g/mol. The standard InChI is InChI=1S/C20H20N2O3/c1-24-16-11-14(12-17(13-16)25-2)7-10-20(23)22-19-9-8-15-5-3-4-6-18(15)21-19/h3-6,8-9,11-13H,7,10H2,1-2H3,(H,21,22,23). The van der Waals surface area contributed by atoms with Gasteiger partial charge in [0.15, 0.2) is 0 Å². The first-order valence-electron chi connectivity index (χ1n) is 8.05. The third kappa shape index (κ3) is 4.26. The minimum atomic E-state index is -0.0791. The molecular formula is C20H20N2O3. The first-order valence-corrected chi connectivity index (χ1v) is 8.05. The number of nitrogens with one attached hydrogen (secondary N) is 1. The number of fused-ring (bicyclic) bond motifs is 1. The van der Waals surface area contributed by atoms with Crippen LogP contribution in [0.3, 0.4) is 0 Å². The van der Waals surface area contributed by atoms with Crippen molar-refractivity contribution in [2.75, 3.05) is 19.5 Å². The van der Waals surface area contributed by atoms with Crippen LogP contribution in [0.25, 0.3) is 10.9 Å². The number of methoxy groups -OCH3 is 2. The molecule has 0 spiro atoms. The van der Waals surface area contributed by atoms with Crippen LogP contribution in [0, 0.1) is 0 Å². The van der Waals surface area contributed by atoms with E-state index in [2.05, 4.69) is 10.3 Å². The lowest BCUT2D eigenvalue weighted by atomic mass is 10.1. The van der Waals surface area contributed by atoms with Crippen LogP contribution in [0.4, 0.5) is 5.82 Å². The van der Waals surface area contributed by atoms with Gasteiger partial charge >= 0.3 is 0 Å². The molecular weight excluding hydrogens is 316 g/mol. The van der Waals surface area contributed by atoms with Crippen molar-refractivity contribution in [1.82, 2.24) is 4.98 Å². The molecule has 128 valence electrons. The zero-order valence-corrected chi connectivity index (χ0v) is 14.3. The molecule has 5 heteroatoms. The van der Waals surface area contributed by atoms with Crippen LogP contribution in [0.5, 0.6) is 11.5 Å². The van der Waals surface area contributed by atoms with E-state index in [1.54, 1.807) is 14.2 Å². The van der Waals surface area contributed by atoms with Gasteiger partial charge in [-0.1, -0.05) is 18.2 Å². The number of hydrogen-bond acceptors (Lipinski definition) is 4. The summed E-state index contributed by atoms with van der Waals surface area (Å²) in [7, 11) is 3.22. The van der Waals surface area contributed by atoms with E-state index in [0.29, 0.717) is 30.2 Å². The van der Waals surface area contributed by atoms with E-state index in [-0.39, 0.29) is 5.91 Å². The van der Waals surface area contributed by atoms with Gasteiger partial charge in [0, 0.05) is 17.9 Å². The first kappa shape index (κ1) is 16.8. The van der Waals surface area contributed by atoms with Crippen LogP contribution in [-0.4, -0.2) is 25.1 Å². The molecule has 0 saturated carbocycles. The Kier molecular flexibility index (Phi) is 5.14. The Hall–Kier alpha value is -3.08. The predicted molar refractivity (Wildman–Crippen MR) is 98.2 cm³/mol. The largest absolute Gasteiger partial charge is 0.497 e. The summed E-state index contributed by atoms with van der Waals surface area (Å²) in [5.41, 5.74) is 1.84. The number of ether oxygens (including phenoxy) is 2. The number of carbonyl (C=O) groups excluding carboxylic acids is 1. The van der Waals surface area contributed by atoms with Crippen molar-refractivity contribution in [3.63, 3.8) is 0 Å². The molecule has 1 heterocycles. The topological polar surface area (TPSA) is 60.5 Å². The van der Waals surface area contributed by atoms with Crippen molar-refractivity contribution in [2.24, 2.45) is 0 Å². The SMILES string of the molecule is COc1cc(CCC(=O)Nc2ccc3ccccc3n2)cc(OC)c1. The number of amides is 1. The molecule has 0 aliphatic rings. The van der Waals surface area contributed by atoms with Crippen LogP contribution in [0.1, 0.15) is 12.0 Å². The van der Waals surface area contributed by atoms with E-state index < -0.39 is 0 Å². The van der Waals surface area contributed by atoms with Crippen molar-refractivity contribution in [3.05, 3.63) is 60.2 Å². The average molecular weight is 336 g/mol. The second kappa shape index (κ2) is 7.66. The van der Waals surface area contributed by atoms with Crippen LogP contribution in [0.2, 0.25) is 0 Å². The average Bonchev–Trinajstić information content (AvgIpc) is 2.66. The molecule has 0 atom stereocenters. The van der Waals surface area contributed by atoms with Crippen molar-refractivity contribution in [1.29, 1.82) is 0 Å². The molecule has 3 aromatic rings. The lowest BCUT2D eigenvalue weighted by Gasteiger charge is -2.09. The van der Waals surface area contributed by atoms with Gasteiger partial charge in [-0.05, 0) is 42.3 Å². The van der Waals surface area contributed by atoms with Crippen molar-refractivity contribution >= 4 is 22.6 Å². The molecule has 0 saturated heterocycles. The van der Waals surface area contributed by atoms with Gasteiger partial charge < -0.3 is 14.8 Å². The quantitative estimate of drug-likeness (QED) is 0.743. The van der Waals surface area contributed by atoms with Gasteiger partial charge in [-0.25, -0.2) is 4.98 Å². The molecule has 3 rings (SSSR count). The predicted octanol–water partition coefficient (Wildman–Crippen LogP) is 3.82. The van der Waals surface area contributed by atoms with E-state index in [9.17, 15) is 4.79 Å². The Labute approximate surface area is 146 Å². The third-order valence-electron chi connectivity index (χ3n) is 3.92. The Balaban J connectivity index is 1.64. The molecule has 0 radical (unpaired) electrons. The Morgan fingerprint density at radius 2 is 1.72 bits per heavy atom. The number of aromatic nitrogens is 1. The van der Waals surface area contributed by atoms with Crippen LogP contribution in [-0.2, 0) is 11.2 Å². The lowest BCUT2D eigenvalue weighted by molar-refractivity contribution is -0.116. The summed E-state index contributed by atoms with van der Waals surface area (Å²) in [6.07, 6.45) is 0.942. The fourth-order valence-corrected chi connectivity index (χ4v) is 2.61. The number of anilines is 1.